The molecule has 128 valence electrons. The van der Waals surface area contributed by atoms with Crippen molar-refractivity contribution in [3.8, 4) is 5.75 Å². The molecule has 0 spiro atoms. The molecule has 2 aromatic rings. The van der Waals surface area contributed by atoms with E-state index in [4.69, 9.17) is 9.15 Å². The number of hydrogen-bond donors (Lipinski definition) is 0. The largest absolute Gasteiger partial charge is 0.497 e. The maximum absolute atomic E-state index is 12.7. The first-order valence-corrected chi connectivity index (χ1v) is 8.35. The Hall–Kier alpha value is -2.30. The van der Waals surface area contributed by atoms with Gasteiger partial charge in [-0.2, -0.15) is 0 Å². The van der Waals surface area contributed by atoms with Crippen molar-refractivity contribution in [1.82, 2.24) is 4.90 Å². The van der Waals surface area contributed by atoms with Crippen LogP contribution in [0.25, 0.3) is 11.0 Å². The first-order chi connectivity index (χ1) is 11.5. The first kappa shape index (κ1) is 16.6. The molecule has 3 rings (SSSR count). The number of likely N-dealkylation sites (tertiary alicyclic amines) is 1. The Balaban J connectivity index is 1.89. The predicted molar refractivity (Wildman–Crippen MR) is 92.3 cm³/mol. The minimum atomic E-state index is -0.445. The molecular formula is C19H23NO4. The fourth-order valence-electron chi connectivity index (χ4n) is 3.62. The van der Waals surface area contributed by atoms with E-state index in [-0.39, 0.29) is 12.3 Å². The topological polar surface area (TPSA) is 59.8 Å². The molecule has 2 unspecified atom stereocenters. The highest BCUT2D eigenvalue weighted by Crippen LogP contribution is 2.25. The summed E-state index contributed by atoms with van der Waals surface area (Å²) in [6.07, 6.45) is 1.37. The SMILES string of the molecule is COc1ccc2c(CC(=O)N3CC(C)CC(C)C3)cc(=O)oc2c1. The van der Waals surface area contributed by atoms with Crippen LogP contribution in [0, 0.1) is 11.8 Å². The number of hydrogen-bond acceptors (Lipinski definition) is 4. The zero-order valence-corrected chi connectivity index (χ0v) is 14.4. The zero-order chi connectivity index (χ0) is 17.3. The third-order valence-electron chi connectivity index (χ3n) is 4.60. The van der Waals surface area contributed by atoms with Crippen LogP contribution in [0.1, 0.15) is 25.8 Å². The molecule has 0 saturated carbocycles. The van der Waals surface area contributed by atoms with Crippen LogP contribution in [0.2, 0.25) is 0 Å². The van der Waals surface area contributed by atoms with Gasteiger partial charge in [0.25, 0.3) is 0 Å². The average Bonchev–Trinajstić information content (AvgIpc) is 2.53. The van der Waals surface area contributed by atoms with E-state index in [1.54, 1.807) is 19.2 Å². The van der Waals surface area contributed by atoms with Crippen molar-refractivity contribution in [3.05, 3.63) is 40.2 Å². The predicted octanol–water partition coefficient (Wildman–Crippen LogP) is 2.85. The second-order valence-electron chi connectivity index (χ2n) is 6.87. The van der Waals surface area contributed by atoms with Crippen molar-refractivity contribution >= 4 is 16.9 Å². The van der Waals surface area contributed by atoms with E-state index in [1.807, 2.05) is 11.0 Å². The quantitative estimate of drug-likeness (QED) is 0.813. The van der Waals surface area contributed by atoms with Crippen LogP contribution in [0.5, 0.6) is 5.75 Å². The molecule has 1 aliphatic heterocycles. The number of amides is 1. The van der Waals surface area contributed by atoms with Crippen LogP contribution in [0.4, 0.5) is 0 Å². The summed E-state index contributed by atoms with van der Waals surface area (Å²) in [5.41, 5.74) is 0.712. The zero-order valence-electron chi connectivity index (χ0n) is 14.4. The lowest BCUT2D eigenvalue weighted by Gasteiger charge is -2.35. The summed E-state index contributed by atoms with van der Waals surface area (Å²) in [6, 6.07) is 6.74. The number of carbonyl (C=O) groups excluding carboxylic acids is 1. The van der Waals surface area contributed by atoms with E-state index in [2.05, 4.69) is 13.8 Å². The summed E-state index contributed by atoms with van der Waals surface area (Å²) in [4.78, 5) is 26.5. The second kappa shape index (κ2) is 6.67. The molecule has 1 saturated heterocycles. The number of carbonyl (C=O) groups is 1. The Morgan fingerprint density at radius 2 is 1.96 bits per heavy atom. The number of piperidine rings is 1. The minimum Gasteiger partial charge on any atom is -0.497 e. The van der Waals surface area contributed by atoms with Crippen LogP contribution in [0.15, 0.2) is 33.5 Å². The van der Waals surface area contributed by atoms with Gasteiger partial charge in [0.05, 0.1) is 13.5 Å². The van der Waals surface area contributed by atoms with Gasteiger partial charge in [-0.05, 0) is 36.0 Å². The summed E-state index contributed by atoms with van der Waals surface area (Å²) < 4.78 is 10.4. The number of rotatable bonds is 3. The molecule has 2 atom stereocenters. The highest BCUT2D eigenvalue weighted by molar-refractivity contribution is 5.87. The maximum Gasteiger partial charge on any atom is 0.336 e. The highest BCUT2D eigenvalue weighted by Gasteiger charge is 2.25. The molecular weight excluding hydrogens is 306 g/mol. The van der Waals surface area contributed by atoms with Crippen LogP contribution in [0.3, 0.4) is 0 Å². The third-order valence-corrected chi connectivity index (χ3v) is 4.60. The molecule has 1 aliphatic rings. The van der Waals surface area contributed by atoms with Crippen molar-refractivity contribution in [2.24, 2.45) is 11.8 Å². The number of ether oxygens (including phenoxy) is 1. The van der Waals surface area contributed by atoms with Crippen molar-refractivity contribution < 1.29 is 13.9 Å². The van der Waals surface area contributed by atoms with Gasteiger partial charge in [0.2, 0.25) is 5.91 Å². The summed E-state index contributed by atoms with van der Waals surface area (Å²) in [5, 5.41) is 0.779. The monoisotopic (exact) mass is 329 g/mol. The van der Waals surface area contributed by atoms with Gasteiger partial charge in [-0.1, -0.05) is 13.8 Å². The van der Waals surface area contributed by atoms with Crippen LogP contribution in [-0.2, 0) is 11.2 Å². The van der Waals surface area contributed by atoms with E-state index in [0.717, 1.165) is 24.9 Å². The lowest BCUT2D eigenvalue weighted by Crippen LogP contribution is -2.43. The number of benzene rings is 1. The Bertz CT molecular complexity index is 801. The summed E-state index contributed by atoms with van der Waals surface area (Å²) in [5.74, 6) is 1.71. The highest BCUT2D eigenvalue weighted by atomic mass is 16.5. The molecule has 1 amide bonds. The van der Waals surface area contributed by atoms with E-state index >= 15 is 0 Å². The Morgan fingerprint density at radius 3 is 2.62 bits per heavy atom. The molecule has 5 nitrogen and oxygen atoms in total. The van der Waals surface area contributed by atoms with Gasteiger partial charge in [-0.3, -0.25) is 4.79 Å². The van der Waals surface area contributed by atoms with Crippen LogP contribution >= 0.6 is 0 Å². The Morgan fingerprint density at radius 1 is 1.25 bits per heavy atom. The van der Waals surface area contributed by atoms with Gasteiger partial charge in [-0.25, -0.2) is 4.79 Å². The number of fused-ring (bicyclic) bond motifs is 1. The fraction of sp³-hybridized carbons (Fsp3) is 0.474. The second-order valence-corrected chi connectivity index (χ2v) is 6.87. The van der Waals surface area contributed by atoms with Gasteiger partial charge in [0.15, 0.2) is 0 Å². The van der Waals surface area contributed by atoms with E-state index in [9.17, 15) is 9.59 Å². The van der Waals surface area contributed by atoms with E-state index in [1.165, 1.54) is 6.07 Å². The van der Waals surface area contributed by atoms with Gasteiger partial charge in [0, 0.05) is 30.6 Å². The molecule has 0 radical (unpaired) electrons. The molecule has 1 aromatic heterocycles. The normalized spacial score (nSPS) is 21.0. The molecule has 0 bridgehead atoms. The average molecular weight is 329 g/mol. The molecule has 0 aliphatic carbocycles. The smallest absolute Gasteiger partial charge is 0.336 e. The van der Waals surface area contributed by atoms with Gasteiger partial charge < -0.3 is 14.1 Å². The van der Waals surface area contributed by atoms with Crippen LogP contribution < -0.4 is 10.4 Å². The number of nitrogens with zero attached hydrogens (tertiary/aromatic N) is 1. The molecule has 5 heteroatoms. The standard InChI is InChI=1S/C19H23NO4/c1-12-6-13(2)11-20(10-12)18(21)7-14-8-19(22)24-17-9-15(23-3)4-5-16(14)17/h4-5,8-9,12-13H,6-7,10-11H2,1-3H3. The molecule has 1 fully saturated rings. The van der Waals surface area contributed by atoms with E-state index < -0.39 is 5.63 Å². The van der Waals surface area contributed by atoms with E-state index in [0.29, 0.717) is 28.7 Å². The van der Waals surface area contributed by atoms with Gasteiger partial charge >= 0.3 is 5.63 Å². The van der Waals surface area contributed by atoms with Gasteiger partial charge in [0.1, 0.15) is 11.3 Å². The van der Waals surface area contributed by atoms with Crippen molar-refractivity contribution in [2.75, 3.05) is 20.2 Å². The summed E-state index contributed by atoms with van der Waals surface area (Å²) in [6.45, 7) is 5.93. The fourth-order valence-corrected chi connectivity index (χ4v) is 3.62. The number of methoxy groups -OCH3 is 1. The van der Waals surface area contributed by atoms with Crippen molar-refractivity contribution in [2.45, 2.75) is 26.7 Å². The molecule has 24 heavy (non-hydrogen) atoms. The third kappa shape index (κ3) is 3.45. The summed E-state index contributed by atoms with van der Waals surface area (Å²) in [7, 11) is 1.56. The Kier molecular flexibility index (Phi) is 4.60. The molecule has 2 heterocycles. The molecule has 0 N–H and O–H groups in total. The summed E-state index contributed by atoms with van der Waals surface area (Å²) >= 11 is 0. The Labute approximate surface area is 141 Å². The maximum atomic E-state index is 12.7. The van der Waals surface area contributed by atoms with Crippen molar-refractivity contribution in [3.63, 3.8) is 0 Å². The molecule has 1 aromatic carbocycles. The lowest BCUT2D eigenvalue weighted by molar-refractivity contribution is -0.133. The first-order valence-electron chi connectivity index (χ1n) is 8.35. The van der Waals surface area contributed by atoms with Gasteiger partial charge in [-0.15, -0.1) is 0 Å². The lowest BCUT2D eigenvalue weighted by atomic mass is 9.91. The minimum absolute atomic E-state index is 0.0659. The van der Waals surface area contributed by atoms with Crippen molar-refractivity contribution in [1.29, 1.82) is 0 Å². The van der Waals surface area contributed by atoms with Crippen LogP contribution in [-0.4, -0.2) is 31.0 Å².